The minimum absolute atomic E-state index is 0. The zero-order chi connectivity index (χ0) is 18.1. The van der Waals surface area contributed by atoms with E-state index >= 15 is 0 Å². The number of amides is 1. The lowest BCUT2D eigenvalue weighted by atomic mass is 10.1. The molecule has 5 nitrogen and oxygen atoms in total. The Hall–Kier alpha value is -2.24. The maximum absolute atomic E-state index is 12.3. The molecule has 0 aromatic heterocycles. The van der Waals surface area contributed by atoms with Crippen molar-refractivity contribution in [3.63, 3.8) is 0 Å². The van der Waals surface area contributed by atoms with Crippen molar-refractivity contribution < 1.29 is 14.3 Å². The van der Waals surface area contributed by atoms with E-state index < -0.39 is 0 Å². The van der Waals surface area contributed by atoms with Crippen LogP contribution in [-0.4, -0.2) is 45.1 Å². The van der Waals surface area contributed by atoms with Crippen LogP contribution in [0, 0.1) is 0 Å². The van der Waals surface area contributed by atoms with Gasteiger partial charge in [-0.15, -0.1) is 12.4 Å². The average molecular weight is 379 g/mol. The third-order valence-electron chi connectivity index (χ3n) is 3.71. The number of rotatable bonds is 9. The molecule has 26 heavy (non-hydrogen) atoms. The number of hydrogen-bond donors (Lipinski definition) is 1. The topological polar surface area (TPSA) is 50.8 Å². The highest BCUT2D eigenvalue weighted by atomic mass is 35.5. The van der Waals surface area contributed by atoms with Gasteiger partial charge in [-0.25, -0.2) is 0 Å². The summed E-state index contributed by atoms with van der Waals surface area (Å²) in [5, 5.41) is 2.94. The third-order valence-corrected chi connectivity index (χ3v) is 3.71. The van der Waals surface area contributed by atoms with E-state index in [1.54, 1.807) is 25.3 Å². The highest BCUT2D eigenvalue weighted by Gasteiger charge is 2.13. The van der Waals surface area contributed by atoms with Crippen molar-refractivity contribution in [1.29, 1.82) is 0 Å². The number of hydrogen-bond acceptors (Lipinski definition) is 4. The molecule has 0 bridgehead atoms. The second kappa shape index (κ2) is 11.4. The number of methoxy groups -OCH3 is 1. The molecule has 1 amide bonds. The monoisotopic (exact) mass is 378 g/mol. The fraction of sp³-hybridized carbons (Fsp3) is 0.350. The number of carbonyl (C=O) groups excluding carboxylic acids is 1. The Morgan fingerprint density at radius 1 is 1.04 bits per heavy atom. The Kier molecular flexibility index (Phi) is 9.55. The molecule has 1 N–H and O–H groups in total. The van der Waals surface area contributed by atoms with E-state index in [1.165, 1.54) is 0 Å². The van der Waals surface area contributed by atoms with Crippen LogP contribution in [0.2, 0.25) is 0 Å². The number of para-hydroxylation sites is 1. The van der Waals surface area contributed by atoms with Gasteiger partial charge in [0, 0.05) is 12.6 Å². The van der Waals surface area contributed by atoms with Crippen molar-refractivity contribution in [2.75, 3.05) is 34.3 Å². The van der Waals surface area contributed by atoms with E-state index in [0.717, 1.165) is 25.1 Å². The Morgan fingerprint density at radius 3 is 2.42 bits per heavy atom. The number of carbonyl (C=O) groups is 1. The molecule has 0 atom stereocenters. The molecular weight excluding hydrogens is 352 g/mol. The summed E-state index contributed by atoms with van der Waals surface area (Å²) in [6.45, 7) is 1.67. The Labute approximate surface area is 161 Å². The minimum Gasteiger partial charge on any atom is -0.496 e. The van der Waals surface area contributed by atoms with Gasteiger partial charge in [-0.3, -0.25) is 4.79 Å². The molecule has 6 heteroatoms. The lowest BCUT2D eigenvalue weighted by molar-refractivity contribution is 0.0949. The first-order valence-corrected chi connectivity index (χ1v) is 8.44. The summed E-state index contributed by atoms with van der Waals surface area (Å²) >= 11 is 0. The van der Waals surface area contributed by atoms with Crippen LogP contribution in [0.4, 0.5) is 0 Å². The smallest absolute Gasteiger partial charge is 0.255 e. The molecule has 142 valence electrons. The highest BCUT2D eigenvalue weighted by molar-refractivity contribution is 5.97. The predicted molar refractivity (Wildman–Crippen MR) is 107 cm³/mol. The van der Waals surface area contributed by atoms with Crippen molar-refractivity contribution in [2.24, 2.45) is 0 Å². The lowest BCUT2D eigenvalue weighted by Crippen LogP contribution is -2.25. The van der Waals surface area contributed by atoms with Crippen LogP contribution >= 0.6 is 12.4 Å². The van der Waals surface area contributed by atoms with Crippen LogP contribution in [-0.2, 0) is 0 Å². The Bertz CT molecular complexity index is 678. The van der Waals surface area contributed by atoms with Gasteiger partial charge in [-0.05, 0) is 57.7 Å². The molecule has 0 aliphatic carbocycles. The highest BCUT2D eigenvalue weighted by Crippen LogP contribution is 2.28. The first-order valence-electron chi connectivity index (χ1n) is 8.44. The van der Waals surface area contributed by atoms with E-state index in [1.807, 2.05) is 44.4 Å². The molecule has 0 spiro atoms. The van der Waals surface area contributed by atoms with E-state index in [-0.39, 0.29) is 18.3 Å². The lowest BCUT2D eigenvalue weighted by Gasteiger charge is -2.12. The molecule has 0 saturated heterocycles. The van der Waals surface area contributed by atoms with E-state index in [9.17, 15) is 4.79 Å². The van der Waals surface area contributed by atoms with Crippen LogP contribution in [0.3, 0.4) is 0 Å². The molecule has 2 aromatic carbocycles. The SMILES string of the molecule is COc1cc(Oc2ccccc2)ccc1C(=O)NCCCCN(C)C.Cl. The number of nitrogens with zero attached hydrogens (tertiary/aromatic N) is 1. The number of unbranched alkanes of at least 4 members (excludes halogenated alkanes) is 1. The molecule has 0 aliphatic rings. The van der Waals surface area contributed by atoms with E-state index in [4.69, 9.17) is 9.47 Å². The van der Waals surface area contributed by atoms with Crippen molar-refractivity contribution in [3.05, 3.63) is 54.1 Å². The quantitative estimate of drug-likeness (QED) is 0.670. The van der Waals surface area contributed by atoms with Gasteiger partial charge in [0.25, 0.3) is 5.91 Å². The molecule has 2 aromatic rings. The molecule has 0 saturated carbocycles. The summed E-state index contributed by atoms with van der Waals surface area (Å²) < 4.78 is 11.1. The largest absolute Gasteiger partial charge is 0.496 e. The van der Waals surface area contributed by atoms with Gasteiger partial charge >= 0.3 is 0 Å². The summed E-state index contributed by atoms with van der Waals surface area (Å²) in [7, 11) is 5.64. The predicted octanol–water partition coefficient (Wildman–Crippen LogP) is 3.98. The summed E-state index contributed by atoms with van der Waals surface area (Å²) in [6.07, 6.45) is 2.00. The number of ether oxygens (including phenoxy) is 2. The fourth-order valence-corrected chi connectivity index (χ4v) is 2.40. The first-order chi connectivity index (χ1) is 12.1. The summed E-state index contributed by atoms with van der Waals surface area (Å²) in [4.78, 5) is 14.5. The van der Waals surface area contributed by atoms with Gasteiger partial charge in [0.1, 0.15) is 17.2 Å². The van der Waals surface area contributed by atoms with Crippen LogP contribution < -0.4 is 14.8 Å². The molecule has 0 radical (unpaired) electrons. The van der Waals surface area contributed by atoms with Gasteiger partial charge in [0.2, 0.25) is 0 Å². The maximum Gasteiger partial charge on any atom is 0.255 e. The standard InChI is InChI=1S/C20H26N2O3.ClH/c1-22(2)14-8-7-13-21-20(23)18-12-11-17(15-19(18)24-3)25-16-9-5-4-6-10-16;/h4-6,9-12,15H,7-8,13-14H2,1-3H3,(H,21,23);1H. The number of halogens is 1. The van der Waals surface area contributed by atoms with Gasteiger partial charge in [0.05, 0.1) is 12.7 Å². The molecule has 0 unspecified atom stereocenters. The van der Waals surface area contributed by atoms with Crippen LogP contribution in [0.15, 0.2) is 48.5 Å². The van der Waals surface area contributed by atoms with Crippen LogP contribution in [0.1, 0.15) is 23.2 Å². The van der Waals surface area contributed by atoms with Crippen LogP contribution in [0.5, 0.6) is 17.2 Å². The fourth-order valence-electron chi connectivity index (χ4n) is 2.40. The zero-order valence-corrected chi connectivity index (χ0v) is 16.3. The molecular formula is C20H27ClN2O3. The number of nitrogens with one attached hydrogen (secondary N) is 1. The van der Waals surface area contributed by atoms with Gasteiger partial charge < -0.3 is 19.7 Å². The third kappa shape index (κ3) is 6.94. The summed E-state index contributed by atoms with van der Waals surface area (Å²) in [5.74, 6) is 1.74. The van der Waals surface area contributed by atoms with Crippen molar-refractivity contribution in [2.45, 2.75) is 12.8 Å². The van der Waals surface area contributed by atoms with Gasteiger partial charge in [-0.1, -0.05) is 18.2 Å². The molecule has 0 fully saturated rings. The van der Waals surface area contributed by atoms with Crippen molar-refractivity contribution in [1.82, 2.24) is 10.2 Å². The number of benzene rings is 2. The molecule has 0 aliphatic heterocycles. The van der Waals surface area contributed by atoms with Crippen molar-refractivity contribution >= 4 is 18.3 Å². The molecule has 2 rings (SSSR count). The normalized spacial score (nSPS) is 10.2. The summed E-state index contributed by atoms with van der Waals surface area (Å²) in [5.41, 5.74) is 0.510. The second-order valence-electron chi connectivity index (χ2n) is 6.04. The van der Waals surface area contributed by atoms with Crippen LogP contribution in [0.25, 0.3) is 0 Å². The zero-order valence-electron chi connectivity index (χ0n) is 15.5. The Morgan fingerprint density at radius 2 is 1.77 bits per heavy atom. The first kappa shape index (κ1) is 21.8. The van der Waals surface area contributed by atoms with E-state index in [2.05, 4.69) is 10.2 Å². The minimum atomic E-state index is -0.132. The Balaban J connectivity index is 0.00000338. The van der Waals surface area contributed by atoms with Gasteiger partial charge in [-0.2, -0.15) is 0 Å². The van der Waals surface area contributed by atoms with Crippen molar-refractivity contribution in [3.8, 4) is 17.2 Å². The second-order valence-corrected chi connectivity index (χ2v) is 6.04. The van der Waals surface area contributed by atoms with Gasteiger partial charge in [0.15, 0.2) is 0 Å². The van der Waals surface area contributed by atoms with E-state index in [0.29, 0.717) is 23.6 Å². The molecule has 0 heterocycles. The average Bonchev–Trinajstić information content (AvgIpc) is 2.61. The summed E-state index contributed by atoms with van der Waals surface area (Å²) in [6, 6.07) is 14.7. The maximum atomic E-state index is 12.3.